The van der Waals surface area contributed by atoms with E-state index in [9.17, 15) is 0 Å². The molecule has 4 heteroatoms. The van der Waals surface area contributed by atoms with Crippen molar-refractivity contribution in [2.75, 3.05) is 0 Å². The maximum Gasteiger partial charge on any atom is 0.127 e. The van der Waals surface area contributed by atoms with E-state index < -0.39 is 0 Å². The van der Waals surface area contributed by atoms with Gasteiger partial charge in [0.25, 0.3) is 0 Å². The predicted octanol–water partition coefficient (Wildman–Crippen LogP) is 13.0. The molecule has 11 aromatic rings. The van der Waals surface area contributed by atoms with E-state index in [4.69, 9.17) is 4.98 Å². The third kappa shape index (κ3) is 4.27. The number of nitrogens with zero attached hydrogens (tertiary/aromatic N) is 3. The highest BCUT2D eigenvalue weighted by Gasteiger charge is 2.22. The Labute approximate surface area is 297 Å². The molecule has 238 valence electrons. The Morgan fingerprint density at radius 2 is 1.04 bits per heavy atom. The molecule has 3 aromatic heterocycles. The maximum absolute atomic E-state index is 5.22. The van der Waals surface area contributed by atoms with Crippen LogP contribution >= 0.6 is 11.3 Å². The fourth-order valence-electron chi connectivity index (χ4n) is 8.07. The first-order chi connectivity index (χ1) is 25.3. The zero-order valence-electron chi connectivity index (χ0n) is 27.5. The van der Waals surface area contributed by atoms with Gasteiger partial charge in [-0.1, -0.05) is 121 Å². The predicted molar refractivity (Wildman–Crippen MR) is 217 cm³/mol. The molecule has 0 amide bonds. The average Bonchev–Trinajstić information content (AvgIpc) is 3.87. The van der Waals surface area contributed by atoms with Crippen LogP contribution in [0.4, 0.5) is 0 Å². The largest absolute Gasteiger partial charge is 0.309 e. The van der Waals surface area contributed by atoms with Gasteiger partial charge in [0.1, 0.15) is 5.01 Å². The van der Waals surface area contributed by atoms with E-state index in [0.717, 1.165) is 27.5 Å². The van der Waals surface area contributed by atoms with Gasteiger partial charge in [0, 0.05) is 32.8 Å². The summed E-state index contributed by atoms with van der Waals surface area (Å²) in [6, 6.07) is 63.7. The molecule has 0 atom stereocenters. The molecular formula is C47H29N3S. The molecule has 11 rings (SSSR count). The summed E-state index contributed by atoms with van der Waals surface area (Å²) >= 11 is 1.76. The molecule has 3 heterocycles. The second kappa shape index (κ2) is 11.0. The minimum Gasteiger partial charge on any atom is -0.309 e. The number of rotatable bonds is 4. The Balaban J connectivity index is 1.24. The van der Waals surface area contributed by atoms with Crippen molar-refractivity contribution in [3.05, 3.63) is 176 Å². The van der Waals surface area contributed by atoms with Crippen molar-refractivity contribution < 1.29 is 0 Å². The van der Waals surface area contributed by atoms with E-state index in [0.29, 0.717) is 0 Å². The number of hydrogen-bond donors (Lipinski definition) is 0. The lowest BCUT2D eigenvalue weighted by molar-refractivity contribution is 1.18. The Hall–Kier alpha value is -6.49. The van der Waals surface area contributed by atoms with Crippen molar-refractivity contribution in [1.82, 2.24) is 14.1 Å². The molecule has 0 bridgehead atoms. The highest BCUT2D eigenvalue weighted by atomic mass is 32.1. The lowest BCUT2D eigenvalue weighted by Gasteiger charge is -2.15. The third-order valence-corrected chi connectivity index (χ3v) is 11.4. The third-order valence-electron chi connectivity index (χ3n) is 10.3. The minimum absolute atomic E-state index is 1.03. The summed E-state index contributed by atoms with van der Waals surface area (Å²) in [7, 11) is 0. The van der Waals surface area contributed by atoms with Crippen LogP contribution in [0.3, 0.4) is 0 Å². The molecule has 0 aliphatic rings. The standard InChI is InChI=1S/C47H29N3S/c1-2-13-30(14-3-1)32-16-12-17-33(27-32)49-40-22-9-6-19-35(40)37-29-44-38(28-43(37)49)36-20-7-10-23-41(36)50(44)42-26-25-31-15-4-5-18-34(31)46(42)47-48-39-21-8-11-24-45(39)51-47/h1-29H. The van der Waals surface area contributed by atoms with Crippen molar-refractivity contribution >= 4 is 75.9 Å². The van der Waals surface area contributed by atoms with Crippen LogP contribution < -0.4 is 0 Å². The molecule has 0 fully saturated rings. The summed E-state index contributed by atoms with van der Waals surface area (Å²) in [6.07, 6.45) is 0. The van der Waals surface area contributed by atoms with Gasteiger partial charge in [0.2, 0.25) is 0 Å². The lowest BCUT2D eigenvalue weighted by Crippen LogP contribution is -1.98. The van der Waals surface area contributed by atoms with Crippen LogP contribution in [-0.2, 0) is 0 Å². The molecule has 0 saturated heterocycles. The van der Waals surface area contributed by atoms with Gasteiger partial charge in [-0.15, -0.1) is 11.3 Å². The molecule has 0 radical (unpaired) electrons. The summed E-state index contributed by atoms with van der Waals surface area (Å²) in [5.74, 6) is 0. The van der Waals surface area contributed by atoms with Crippen molar-refractivity contribution in [2.45, 2.75) is 0 Å². The van der Waals surface area contributed by atoms with Gasteiger partial charge in [-0.05, 0) is 76.5 Å². The van der Waals surface area contributed by atoms with E-state index in [-0.39, 0.29) is 0 Å². The molecule has 3 nitrogen and oxygen atoms in total. The summed E-state index contributed by atoms with van der Waals surface area (Å²) < 4.78 is 6.10. The Morgan fingerprint density at radius 3 is 1.82 bits per heavy atom. The van der Waals surface area contributed by atoms with Crippen LogP contribution in [0.15, 0.2) is 176 Å². The van der Waals surface area contributed by atoms with Crippen LogP contribution in [0.2, 0.25) is 0 Å². The van der Waals surface area contributed by atoms with E-state index in [1.807, 2.05) is 0 Å². The van der Waals surface area contributed by atoms with Crippen LogP contribution in [0.25, 0.3) is 97.7 Å². The lowest BCUT2D eigenvalue weighted by atomic mass is 10.0. The number of benzene rings is 8. The minimum atomic E-state index is 1.03. The van der Waals surface area contributed by atoms with Crippen LogP contribution in [0.5, 0.6) is 0 Å². The summed E-state index contributed by atoms with van der Waals surface area (Å²) in [5.41, 5.74) is 11.7. The van der Waals surface area contributed by atoms with Gasteiger partial charge in [-0.3, -0.25) is 0 Å². The van der Waals surface area contributed by atoms with Crippen LogP contribution in [-0.4, -0.2) is 14.1 Å². The SMILES string of the molecule is c1ccc(-c2cccc(-n3c4ccccc4c4cc5c(cc43)c3ccccc3n5-c3ccc4ccccc4c3-c3nc4ccccc4s3)c2)cc1. The number of fused-ring (bicyclic) bond motifs is 8. The molecule has 0 N–H and O–H groups in total. The van der Waals surface area contributed by atoms with E-state index in [2.05, 4.69) is 185 Å². The summed E-state index contributed by atoms with van der Waals surface area (Å²) in [5, 5.41) is 8.37. The van der Waals surface area contributed by atoms with Crippen molar-refractivity contribution in [3.8, 4) is 33.1 Å². The monoisotopic (exact) mass is 667 g/mol. The first-order valence-electron chi connectivity index (χ1n) is 17.3. The zero-order valence-corrected chi connectivity index (χ0v) is 28.3. The van der Waals surface area contributed by atoms with E-state index in [1.54, 1.807) is 11.3 Å². The van der Waals surface area contributed by atoms with E-state index in [1.165, 1.54) is 70.2 Å². The van der Waals surface area contributed by atoms with Gasteiger partial charge >= 0.3 is 0 Å². The summed E-state index contributed by atoms with van der Waals surface area (Å²) in [6.45, 7) is 0. The van der Waals surface area contributed by atoms with Gasteiger partial charge in [0.05, 0.1) is 38.0 Å². The first-order valence-corrected chi connectivity index (χ1v) is 18.1. The average molecular weight is 668 g/mol. The number of aromatic nitrogens is 3. The van der Waals surface area contributed by atoms with Crippen molar-refractivity contribution in [1.29, 1.82) is 0 Å². The van der Waals surface area contributed by atoms with Gasteiger partial charge in [0.15, 0.2) is 0 Å². The van der Waals surface area contributed by atoms with Crippen molar-refractivity contribution in [2.24, 2.45) is 0 Å². The molecule has 0 aliphatic carbocycles. The molecule has 0 unspecified atom stereocenters. The molecule has 0 spiro atoms. The Bertz CT molecular complexity index is 3110. The second-order valence-corrected chi connectivity index (χ2v) is 14.2. The first kappa shape index (κ1) is 28.4. The fourth-order valence-corrected chi connectivity index (χ4v) is 9.11. The van der Waals surface area contributed by atoms with Crippen molar-refractivity contribution in [3.63, 3.8) is 0 Å². The van der Waals surface area contributed by atoms with Gasteiger partial charge in [-0.2, -0.15) is 0 Å². The second-order valence-electron chi connectivity index (χ2n) is 13.2. The number of hydrogen-bond acceptors (Lipinski definition) is 2. The van der Waals surface area contributed by atoms with Crippen LogP contribution in [0, 0.1) is 0 Å². The zero-order chi connectivity index (χ0) is 33.5. The number of para-hydroxylation sites is 3. The highest BCUT2D eigenvalue weighted by molar-refractivity contribution is 7.21. The molecular weight excluding hydrogens is 639 g/mol. The topological polar surface area (TPSA) is 22.8 Å². The molecule has 51 heavy (non-hydrogen) atoms. The Morgan fingerprint density at radius 1 is 0.412 bits per heavy atom. The fraction of sp³-hybridized carbons (Fsp3) is 0. The van der Waals surface area contributed by atoms with Gasteiger partial charge < -0.3 is 9.13 Å². The molecule has 0 aliphatic heterocycles. The summed E-state index contributed by atoms with van der Waals surface area (Å²) in [4.78, 5) is 5.22. The molecule has 8 aromatic carbocycles. The quantitative estimate of drug-likeness (QED) is 0.183. The van der Waals surface area contributed by atoms with Crippen LogP contribution in [0.1, 0.15) is 0 Å². The van der Waals surface area contributed by atoms with Gasteiger partial charge in [-0.25, -0.2) is 4.98 Å². The Kier molecular flexibility index (Phi) is 6.12. The normalized spacial score (nSPS) is 11.9. The smallest absolute Gasteiger partial charge is 0.127 e. The highest BCUT2D eigenvalue weighted by Crippen LogP contribution is 2.44. The van der Waals surface area contributed by atoms with E-state index >= 15 is 0 Å². The number of thiazole rings is 1. The molecule has 0 saturated carbocycles. The maximum atomic E-state index is 5.22.